The average molecular weight is 253 g/mol. The molecule has 0 atom stereocenters. The lowest BCUT2D eigenvalue weighted by atomic mass is 10.3. The Kier molecular flexibility index (Phi) is 3.45. The summed E-state index contributed by atoms with van der Waals surface area (Å²) < 4.78 is 21.4. The van der Waals surface area contributed by atoms with Gasteiger partial charge in [0.15, 0.2) is 5.44 Å². The van der Waals surface area contributed by atoms with E-state index in [0.29, 0.717) is 0 Å². The average Bonchev–Trinajstić information content (AvgIpc) is 1.99. The normalized spacial score (nSPS) is 12.8. The van der Waals surface area contributed by atoms with E-state index in [0.717, 1.165) is 12.3 Å². The van der Waals surface area contributed by atoms with Crippen molar-refractivity contribution in [2.75, 3.05) is 0 Å². The van der Waals surface area contributed by atoms with Gasteiger partial charge in [-0.05, 0) is 17.7 Å². The van der Waals surface area contributed by atoms with Crippen molar-refractivity contribution in [2.45, 2.75) is 6.16 Å². The van der Waals surface area contributed by atoms with E-state index in [1.165, 1.54) is 6.07 Å². The fourth-order valence-corrected chi connectivity index (χ4v) is 2.18. The lowest BCUT2D eigenvalue weighted by Gasteiger charge is -2.06. The molecule has 0 radical (unpaired) electrons. The van der Waals surface area contributed by atoms with Crippen molar-refractivity contribution in [2.24, 2.45) is 0 Å². The van der Waals surface area contributed by atoms with Gasteiger partial charge in [-0.3, -0.25) is 9.13 Å². The second-order valence-electron chi connectivity index (χ2n) is 2.89. The van der Waals surface area contributed by atoms with Crippen LogP contribution < -0.4 is 5.44 Å². The summed E-state index contributed by atoms with van der Waals surface area (Å²) in [5.41, 5.74) is -0.356. The molecule has 0 saturated carbocycles. The molecule has 0 aliphatic heterocycles. The summed E-state index contributed by atoms with van der Waals surface area (Å²) in [6, 6.07) is 2.28. The Morgan fingerprint density at radius 2 is 1.80 bits per heavy atom. The van der Waals surface area contributed by atoms with Crippen molar-refractivity contribution < 1.29 is 28.7 Å². The molecule has 0 aliphatic carbocycles. The molecule has 0 aliphatic rings. The largest absolute Gasteiger partial charge is 0.374 e. The molecule has 84 valence electrons. The van der Waals surface area contributed by atoms with Gasteiger partial charge in [0.05, 0.1) is 6.16 Å². The molecule has 0 unspecified atom stereocenters. The molecule has 0 amide bonds. The molecule has 0 fully saturated rings. The molecular weight excluding hydrogens is 244 g/mol. The number of nitrogens with zero attached hydrogens (tertiary/aromatic N) is 1. The lowest BCUT2D eigenvalue weighted by molar-refractivity contribution is 0.371. The Balaban J connectivity index is 3.04. The maximum atomic E-state index is 10.8. The molecular formula is C6H9NO6P2. The predicted octanol–water partition coefficient (Wildman–Crippen LogP) is -0.438. The van der Waals surface area contributed by atoms with Crippen LogP contribution in [0.15, 0.2) is 18.3 Å². The summed E-state index contributed by atoms with van der Waals surface area (Å²) in [5, 5.41) is 0. The van der Waals surface area contributed by atoms with Crippen molar-refractivity contribution >= 4 is 20.6 Å². The highest BCUT2D eigenvalue weighted by Gasteiger charge is 2.21. The first-order chi connectivity index (χ1) is 6.68. The fourth-order valence-electron chi connectivity index (χ4n) is 0.956. The van der Waals surface area contributed by atoms with Gasteiger partial charge in [0.1, 0.15) is 0 Å². The van der Waals surface area contributed by atoms with Crippen LogP contribution >= 0.6 is 15.2 Å². The van der Waals surface area contributed by atoms with Crippen molar-refractivity contribution in [3.05, 3.63) is 23.9 Å². The molecule has 15 heavy (non-hydrogen) atoms. The number of aromatic nitrogens is 1. The molecule has 4 N–H and O–H groups in total. The summed E-state index contributed by atoms with van der Waals surface area (Å²) in [6.07, 6.45) is 0.530. The van der Waals surface area contributed by atoms with Crippen LogP contribution in [0.1, 0.15) is 5.56 Å². The highest BCUT2D eigenvalue weighted by Crippen LogP contribution is 2.39. The van der Waals surface area contributed by atoms with Crippen molar-refractivity contribution in [3.8, 4) is 0 Å². The molecule has 1 heterocycles. The molecule has 0 saturated heterocycles. The number of hydrogen-bond donors (Lipinski definition) is 4. The standard InChI is InChI=1S/C6H9NO6P2/c8-14(9,10)4-5-1-2-7-6(3-5)15(11,12)13/h1-3H,4H2,(H2,8,9,10)(H2,11,12,13). The van der Waals surface area contributed by atoms with Crippen molar-refractivity contribution in [1.82, 2.24) is 4.98 Å². The summed E-state index contributed by atoms with van der Waals surface area (Å²) >= 11 is 0. The van der Waals surface area contributed by atoms with Gasteiger partial charge in [0.25, 0.3) is 0 Å². The van der Waals surface area contributed by atoms with Crippen LogP contribution in [0.4, 0.5) is 0 Å². The lowest BCUT2D eigenvalue weighted by Crippen LogP contribution is -2.09. The van der Waals surface area contributed by atoms with Gasteiger partial charge >= 0.3 is 15.2 Å². The topological polar surface area (TPSA) is 128 Å². The zero-order valence-electron chi connectivity index (χ0n) is 7.39. The minimum Gasteiger partial charge on any atom is -0.324 e. The predicted molar refractivity (Wildman–Crippen MR) is 51.7 cm³/mol. The zero-order valence-corrected chi connectivity index (χ0v) is 9.18. The summed E-state index contributed by atoms with van der Waals surface area (Å²) in [7, 11) is -8.72. The minimum absolute atomic E-state index is 0.136. The minimum atomic E-state index is -4.47. The summed E-state index contributed by atoms with van der Waals surface area (Å²) in [4.78, 5) is 38.3. The Labute approximate surface area is 85.1 Å². The second kappa shape index (κ2) is 4.14. The highest BCUT2D eigenvalue weighted by atomic mass is 31.2. The number of rotatable bonds is 3. The molecule has 9 heteroatoms. The van der Waals surface area contributed by atoms with Gasteiger partial charge in [-0.15, -0.1) is 0 Å². The SMILES string of the molecule is O=P(O)(O)Cc1ccnc(P(=O)(O)O)c1. The van der Waals surface area contributed by atoms with Gasteiger partial charge in [0, 0.05) is 6.20 Å². The Morgan fingerprint density at radius 1 is 1.20 bits per heavy atom. The van der Waals surface area contributed by atoms with Crippen LogP contribution in [-0.4, -0.2) is 24.6 Å². The van der Waals surface area contributed by atoms with Crippen LogP contribution in [0.3, 0.4) is 0 Å². The molecule has 0 spiro atoms. The summed E-state index contributed by atoms with van der Waals surface area (Å²) in [6.45, 7) is 0. The van der Waals surface area contributed by atoms with E-state index in [9.17, 15) is 9.13 Å². The number of pyridine rings is 1. The van der Waals surface area contributed by atoms with E-state index in [4.69, 9.17) is 19.6 Å². The molecule has 0 bridgehead atoms. The Morgan fingerprint density at radius 3 is 2.27 bits per heavy atom. The third kappa shape index (κ3) is 4.22. The quantitative estimate of drug-likeness (QED) is 0.537. The Hall–Kier alpha value is -0.550. The van der Waals surface area contributed by atoms with Crippen LogP contribution in [-0.2, 0) is 15.3 Å². The van der Waals surface area contributed by atoms with E-state index < -0.39 is 26.8 Å². The van der Waals surface area contributed by atoms with Crippen LogP contribution in [0.25, 0.3) is 0 Å². The van der Waals surface area contributed by atoms with E-state index in [2.05, 4.69) is 4.98 Å². The zero-order chi connectivity index (χ0) is 11.7. The van der Waals surface area contributed by atoms with E-state index in [-0.39, 0.29) is 5.56 Å². The third-order valence-corrected chi connectivity index (χ3v) is 3.12. The molecule has 1 rings (SSSR count). The number of hydrogen-bond acceptors (Lipinski definition) is 3. The van der Waals surface area contributed by atoms with E-state index in [1.54, 1.807) is 0 Å². The third-order valence-electron chi connectivity index (χ3n) is 1.50. The van der Waals surface area contributed by atoms with Crippen molar-refractivity contribution in [3.63, 3.8) is 0 Å². The van der Waals surface area contributed by atoms with Gasteiger partial charge in [-0.1, -0.05) is 0 Å². The monoisotopic (exact) mass is 253 g/mol. The Bertz CT molecular complexity index is 449. The molecule has 0 aromatic carbocycles. The van der Waals surface area contributed by atoms with Crippen LogP contribution in [0.5, 0.6) is 0 Å². The van der Waals surface area contributed by atoms with Gasteiger partial charge < -0.3 is 19.6 Å². The first-order valence-electron chi connectivity index (χ1n) is 3.74. The van der Waals surface area contributed by atoms with Crippen LogP contribution in [0, 0.1) is 0 Å². The first kappa shape index (κ1) is 12.5. The van der Waals surface area contributed by atoms with Crippen molar-refractivity contribution in [1.29, 1.82) is 0 Å². The smallest absolute Gasteiger partial charge is 0.324 e. The van der Waals surface area contributed by atoms with Gasteiger partial charge in [-0.25, -0.2) is 4.98 Å². The maximum Gasteiger partial charge on any atom is 0.374 e. The molecule has 1 aromatic heterocycles. The van der Waals surface area contributed by atoms with Gasteiger partial charge in [-0.2, -0.15) is 0 Å². The second-order valence-corrected chi connectivity index (χ2v) is 6.08. The van der Waals surface area contributed by atoms with E-state index in [1.807, 2.05) is 0 Å². The molecule has 1 aromatic rings. The van der Waals surface area contributed by atoms with E-state index >= 15 is 0 Å². The van der Waals surface area contributed by atoms with Gasteiger partial charge in [0.2, 0.25) is 0 Å². The fraction of sp³-hybridized carbons (Fsp3) is 0.167. The first-order valence-corrected chi connectivity index (χ1v) is 7.15. The van der Waals surface area contributed by atoms with Crippen LogP contribution in [0.2, 0.25) is 0 Å². The highest BCUT2D eigenvalue weighted by molar-refractivity contribution is 7.60. The maximum absolute atomic E-state index is 10.8. The molecule has 7 nitrogen and oxygen atoms in total. The summed E-state index contributed by atoms with van der Waals surface area (Å²) in [5.74, 6) is 0.